The van der Waals surface area contributed by atoms with Crippen LogP contribution in [0.2, 0.25) is 0 Å². The maximum absolute atomic E-state index is 12.6. The largest absolute Gasteiger partial charge is 0.422 e. The molecule has 0 radical (unpaired) electrons. The predicted octanol–water partition coefficient (Wildman–Crippen LogP) is 4.44. The van der Waals surface area contributed by atoms with Crippen molar-refractivity contribution in [3.8, 4) is 11.5 Å². The van der Waals surface area contributed by atoms with E-state index in [1.165, 1.54) is 12.1 Å². The van der Waals surface area contributed by atoms with Gasteiger partial charge < -0.3 is 19.3 Å². The molecule has 3 heterocycles. The number of thiophene rings is 1. The van der Waals surface area contributed by atoms with E-state index >= 15 is 0 Å². The van der Waals surface area contributed by atoms with Crippen LogP contribution in [0.3, 0.4) is 0 Å². The molecule has 0 aliphatic carbocycles. The van der Waals surface area contributed by atoms with Crippen LogP contribution in [-0.2, 0) is 9.59 Å². The van der Waals surface area contributed by atoms with Gasteiger partial charge in [0.2, 0.25) is 11.8 Å². The summed E-state index contributed by atoms with van der Waals surface area (Å²) in [6.07, 6.45) is 2.63. The highest BCUT2D eigenvalue weighted by atomic mass is 32.1. The lowest BCUT2D eigenvalue weighted by Crippen LogP contribution is -2.23. The van der Waals surface area contributed by atoms with Crippen molar-refractivity contribution in [3.05, 3.63) is 70.4 Å². The van der Waals surface area contributed by atoms with Crippen molar-refractivity contribution in [3.63, 3.8) is 0 Å². The van der Waals surface area contributed by atoms with Gasteiger partial charge in [0, 0.05) is 49.4 Å². The lowest BCUT2D eigenvalue weighted by molar-refractivity contribution is -0.117. The van der Waals surface area contributed by atoms with E-state index in [-0.39, 0.29) is 21.6 Å². The Bertz CT molecular complexity index is 1220. The molecule has 3 aromatic rings. The molecule has 0 bridgehead atoms. The van der Waals surface area contributed by atoms with Gasteiger partial charge in [0.25, 0.3) is 0 Å². The highest BCUT2D eigenvalue weighted by Crippen LogP contribution is 2.28. The zero-order valence-corrected chi connectivity index (χ0v) is 19.6. The molecule has 0 unspecified atom stereocenters. The van der Waals surface area contributed by atoms with Gasteiger partial charge in [-0.25, -0.2) is 9.59 Å². The van der Waals surface area contributed by atoms with Crippen molar-refractivity contribution in [1.29, 1.82) is 0 Å². The van der Waals surface area contributed by atoms with Crippen molar-refractivity contribution in [2.45, 2.75) is 25.7 Å². The van der Waals surface area contributed by atoms with Gasteiger partial charge in [-0.2, -0.15) is 0 Å². The summed E-state index contributed by atoms with van der Waals surface area (Å²) >= 11 is 0.969. The molecule has 2 aliphatic rings. The molecular formula is C26H22N2O6S. The van der Waals surface area contributed by atoms with Gasteiger partial charge >= 0.3 is 11.9 Å². The number of nitrogens with zero attached hydrogens (tertiary/aromatic N) is 2. The summed E-state index contributed by atoms with van der Waals surface area (Å²) in [5, 5.41) is 0. The second kappa shape index (κ2) is 9.71. The van der Waals surface area contributed by atoms with Crippen molar-refractivity contribution < 1.29 is 28.7 Å². The molecule has 8 nitrogen and oxygen atoms in total. The second-order valence-electron chi connectivity index (χ2n) is 8.24. The number of hydrogen-bond donors (Lipinski definition) is 0. The first-order chi connectivity index (χ1) is 17.0. The molecule has 0 saturated carbocycles. The van der Waals surface area contributed by atoms with E-state index in [1.807, 2.05) is 0 Å². The molecule has 2 amide bonds. The van der Waals surface area contributed by atoms with E-state index in [4.69, 9.17) is 9.47 Å². The number of anilines is 2. The summed E-state index contributed by atoms with van der Waals surface area (Å²) < 4.78 is 10.9. The number of carbonyl (C=O) groups excluding carboxylic acids is 4. The Labute approximate surface area is 205 Å². The van der Waals surface area contributed by atoms with E-state index in [1.54, 1.807) is 58.3 Å². The SMILES string of the molecule is O=C(Oc1cccc(N2CCCC2=O)c1)c1ccc(C(=O)Oc2cccc(N3CCCC3=O)c2)s1. The fourth-order valence-electron chi connectivity index (χ4n) is 4.14. The number of rotatable bonds is 6. The fraction of sp³-hybridized carbons (Fsp3) is 0.231. The van der Waals surface area contributed by atoms with Crippen LogP contribution in [0.4, 0.5) is 11.4 Å². The Morgan fingerprint density at radius 1 is 0.686 bits per heavy atom. The Hall–Kier alpha value is -3.98. The summed E-state index contributed by atoms with van der Waals surface area (Å²) in [6, 6.07) is 16.7. The fourth-order valence-corrected chi connectivity index (χ4v) is 4.90. The van der Waals surface area contributed by atoms with E-state index in [0.29, 0.717) is 48.8 Å². The van der Waals surface area contributed by atoms with Gasteiger partial charge in [-0.05, 0) is 49.2 Å². The Morgan fingerprint density at radius 2 is 1.14 bits per heavy atom. The van der Waals surface area contributed by atoms with Gasteiger partial charge in [-0.15, -0.1) is 11.3 Å². The summed E-state index contributed by atoms with van der Waals surface area (Å²) in [5.41, 5.74) is 1.37. The lowest BCUT2D eigenvalue weighted by Gasteiger charge is -2.16. The Morgan fingerprint density at radius 3 is 1.54 bits per heavy atom. The Balaban J connectivity index is 1.24. The molecule has 2 aromatic carbocycles. The van der Waals surface area contributed by atoms with Crippen molar-refractivity contribution in [2.75, 3.05) is 22.9 Å². The molecule has 9 heteroatoms. The molecule has 2 saturated heterocycles. The molecule has 178 valence electrons. The molecular weight excluding hydrogens is 468 g/mol. The van der Waals surface area contributed by atoms with Crippen LogP contribution in [0, 0.1) is 0 Å². The normalized spacial score (nSPS) is 15.5. The number of benzene rings is 2. The van der Waals surface area contributed by atoms with Gasteiger partial charge in [-0.1, -0.05) is 12.1 Å². The van der Waals surface area contributed by atoms with Crippen LogP contribution in [0.15, 0.2) is 60.7 Å². The zero-order chi connectivity index (χ0) is 24.4. The van der Waals surface area contributed by atoms with Crippen LogP contribution in [-0.4, -0.2) is 36.8 Å². The summed E-state index contributed by atoms with van der Waals surface area (Å²) in [7, 11) is 0. The van der Waals surface area contributed by atoms with Crippen LogP contribution in [0.5, 0.6) is 11.5 Å². The molecule has 2 fully saturated rings. The molecule has 2 aliphatic heterocycles. The van der Waals surface area contributed by atoms with Crippen LogP contribution in [0.25, 0.3) is 0 Å². The number of ether oxygens (including phenoxy) is 2. The van der Waals surface area contributed by atoms with Crippen LogP contribution >= 0.6 is 11.3 Å². The van der Waals surface area contributed by atoms with Gasteiger partial charge in [0.05, 0.1) is 0 Å². The average molecular weight is 491 g/mol. The van der Waals surface area contributed by atoms with Crippen LogP contribution in [0.1, 0.15) is 45.0 Å². The lowest BCUT2D eigenvalue weighted by atomic mass is 10.2. The van der Waals surface area contributed by atoms with Gasteiger partial charge in [0.1, 0.15) is 21.3 Å². The minimum absolute atomic E-state index is 0.0486. The first-order valence-electron chi connectivity index (χ1n) is 11.3. The van der Waals surface area contributed by atoms with Gasteiger partial charge in [0.15, 0.2) is 0 Å². The van der Waals surface area contributed by atoms with Crippen LogP contribution < -0.4 is 19.3 Å². The maximum Gasteiger partial charge on any atom is 0.353 e. The quantitative estimate of drug-likeness (QED) is 0.375. The molecule has 1 aromatic heterocycles. The number of amides is 2. The first-order valence-corrected chi connectivity index (χ1v) is 12.1. The average Bonchev–Trinajstić information content (AvgIpc) is 3.60. The predicted molar refractivity (Wildman–Crippen MR) is 130 cm³/mol. The van der Waals surface area contributed by atoms with E-state index in [0.717, 1.165) is 24.2 Å². The first kappa shape index (κ1) is 22.8. The third-order valence-electron chi connectivity index (χ3n) is 5.83. The topological polar surface area (TPSA) is 93.2 Å². The van der Waals surface area contributed by atoms with E-state index in [2.05, 4.69) is 0 Å². The van der Waals surface area contributed by atoms with E-state index in [9.17, 15) is 19.2 Å². The highest BCUT2D eigenvalue weighted by Gasteiger charge is 2.24. The molecule has 35 heavy (non-hydrogen) atoms. The summed E-state index contributed by atoms with van der Waals surface area (Å²) in [5.74, 6) is -0.474. The van der Waals surface area contributed by atoms with Crippen molar-refractivity contribution >= 4 is 46.5 Å². The summed E-state index contributed by atoms with van der Waals surface area (Å²) in [4.78, 5) is 53.1. The third kappa shape index (κ3) is 4.95. The number of esters is 2. The number of hydrogen-bond acceptors (Lipinski definition) is 7. The minimum Gasteiger partial charge on any atom is -0.422 e. The highest BCUT2D eigenvalue weighted by molar-refractivity contribution is 7.15. The van der Waals surface area contributed by atoms with E-state index < -0.39 is 11.9 Å². The maximum atomic E-state index is 12.6. The second-order valence-corrected chi connectivity index (χ2v) is 9.32. The van der Waals surface area contributed by atoms with Gasteiger partial charge in [-0.3, -0.25) is 9.59 Å². The summed E-state index contributed by atoms with van der Waals surface area (Å²) in [6.45, 7) is 1.29. The number of carbonyl (C=O) groups is 4. The van der Waals surface area contributed by atoms with Crippen molar-refractivity contribution in [1.82, 2.24) is 0 Å². The molecule has 0 N–H and O–H groups in total. The van der Waals surface area contributed by atoms with Crippen molar-refractivity contribution in [2.24, 2.45) is 0 Å². The third-order valence-corrected chi connectivity index (χ3v) is 6.88. The molecule has 0 spiro atoms. The monoisotopic (exact) mass is 490 g/mol. The standard InChI is InChI=1S/C26H22N2O6S/c29-23-9-3-13-27(23)17-5-1-7-19(15-17)33-25(31)21-11-12-22(35-21)26(32)34-20-8-2-6-18(16-20)28-14-4-10-24(28)30/h1-2,5-8,11-12,15-16H,3-4,9-10,13-14H2. The smallest absolute Gasteiger partial charge is 0.353 e. The zero-order valence-electron chi connectivity index (χ0n) is 18.8. The minimum atomic E-state index is -0.603. The Kier molecular flexibility index (Phi) is 6.33. The molecule has 5 rings (SSSR count). The molecule has 0 atom stereocenters.